The maximum atomic E-state index is 12.7. The lowest BCUT2D eigenvalue weighted by Crippen LogP contribution is -2.07. The predicted octanol–water partition coefficient (Wildman–Crippen LogP) is 5.15. The minimum atomic E-state index is -4.36. The number of halogens is 3. The average Bonchev–Trinajstić information content (AvgIpc) is 2.95. The van der Waals surface area contributed by atoms with Crippen molar-refractivity contribution in [1.82, 2.24) is 4.98 Å². The molecule has 0 bridgehead atoms. The van der Waals surface area contributed by atoms with Gasteiger partial charge in [-0.2, -0.15) is 18.3 Å². The third-order valence-corrected chi connectivity index (χ3v) is 4.16. The van der Waals surface area contributed by atoms with E-state index >= 15 is 0 Å². The number of nitrogens with zero attached hydrogens (tertiary/aromatic N) is 2. The molecule has 1 N–H and O–H groups in total. The van der Waals surface area contributed by atoms with Crippen LogP contribution in [-0.2, 0) is 6.18 Å². The molecule has 0 aliphatic rings. The van der Waals surface area contributed by atoms with E-state index in [9.17, 15) is 13.2 Å². The lowest BCUT2D eigenvalue weighted by molar-refractivity contribution is -0.137. The Morgan fingerprint density at radius 2 is 1.91 bits per heavy atom. The molecule has 7 heteroatoms. The van der Waals surface area contributed by atoms with Crippen molar-refractivity contribution in [3.05, 3.63) is 59.7 Å². The van der Waals surface area contributed by atoms with E-state index in [1.54, 1.807) is 13.0 Å². The van der Waals surface area contributed by atoms with Gasteiger partial charge >= 0.3 is 6.18 Å². The fraction of sp³-hybridized carbons (Fsp3) is 0.125. The molecule has 3 aromatic rings. The molecule has 0 fully saturated rings. The molecule has 0 aliphatic heterocycles. The van der Waals surface area contributed by atoms with Crippen molar-refractivity contribution in [3.8, 4) is 0 Å². The van der Waals surface area contributed by atoms with Gasteiger partial charge in [-0.1, -0.05) is 35.6 Å². The van der Waals surface area contributed by atoms with Crippen LogP contribution in [-0.4, -0.2) is 10.7 Å². The fourth-order valence-electron chi connectivity index (χ4n) is 2.04. The molecule has 0 atom stereocenters. The molecule has 2 aromatic carbocycles. The van der Waals surface area contributed by atoms with Crippen molar-refractivity contribution >= 4 is 32.4 Å². The maximum Gasteiger partial charge on any atom is 0.416 e. The number of fused-ring (bicyclic) bond motifs is 1. The van der Waals surface area contributed by atoms with Crippen LogP contribution in [0, 0.1) is 0 Å². The van der Waals surface area contributed by atoms with Gasteiger partial charge in [0.25, 0.3) is 0 Å². The maximum absolute atomic E-state index is 12.7. The highest BCUT2D eigenvalue weighted by Crippen LogP contribution is 2.30. The summed E-state index contributed by atoms with van der Waals surface area (Å²) in [6, 6.07) is 12.7. The Bertz CT molecular complexity index is 835. The molecule has 0 aliphatic carbocycles. The van der Waals surface area contributed by atoms with E-state index in [-0.39, 0.29) is 0 Å². The third kappa shape index (κ3) is 3.50. The topological polar surface area (TPSA) is 37.3 Å². The normalized spacial score (nSPS) is 12.6. The summed E-state index contributed by atoms with van der Waals surface area (Å²) in [5.41, 5.74) is 3.83. The molecular weight excluding hydrogens is 323 g/mol. The molecule has 3 rings (SSSR count). The Kier molecular flexibility index (Phi) is 4.04. The van der Waals surface area contributed by atoms with Crippen molar-refractivity contribution in [2.75, 3.05) is 5.43 Å². The molecule has 3 nitrogen and oxygen atoms in total. The number of aromatic nitrogens is 1. The summed E-state index contributed by atoms with van der Waals surface area (Å²) in [6.45, 7) is 1.65. The predicted molar refractivity (Wildman–Crippen MR) is 86.9 cm³/mol. The van der Waals surface area contributed by atoms with E-state index in [4.69, 9.17) is 0 Å². The van der Waals surface area contributed by atoms with E-state index in [0.29, 0.717) is 16.4 Å². The number of nitrogens with one attached hydrogen (secondary N) is 1. The fourth-order valence-corrected chi connectivity index (χ4v) is 2.85. The lowest BCUT2D eigenvalue weighted by atomic mass is 10.1. The Morgan fingerprint density at radius 3 is 2.65 bits per heavy atom. The van der Waals surface area contributed by atoms with Crippen LogP contribution >= 0.6 is 11.3 Å². The summed E-state index contributed by atoms with van der Waals surface area (Å²) < 4.78 is 39.2. The van der Waals surface area contributed by atoms with Crippen molar-refractivity contribution < 1.29 is 13.2 Å². The second-order valence-corrected chi connectivity index (χ2v) is 5.90. The Hall–Kier alpha value is -2.41. The number of alkyl halides is 3. The zero-order chi connectivity index (χ0) is 16.4. The number of para-hydroxylation sites is 1. The van der Waals surface area contributed by atoms with E-state index in [1.165, 1.54) is 17.4 Å². The monoisotopic (exact) mass is 335 g/mol. The molecule has 0 saturated carbocycles. The van der Waals surface area contributed by atoms with Crippen molar-refractivity contribution in [2.45, 2.75) is 13.1 Å². The second-order valence-electron chi connectivity index (χ2n) is 4.87. The van der Waals surface area contributed by atoms with Gasteiger partial charge in [0, 0.05) is 0 Å². The third-order valence-electron chi connectivity index (χ3n) is 3.22. The van der Waals surface area contributed by atoms with Crippen molar-refractivity contribution in [1.29, 1.82) is 0 Å². The summed E-state index contributed by atoms with van der Waals surface area (Å²) in [6.07, 6.45) is -4.36. The molecule has 0 spiro atoms. The van der Waals surface area contributed by atoms with Gasteiger partial charge in [0.2, 0.25) is 5.13 Å². The summed E-state index contributed by atoms with van der Waals surface area (Å²) in [5.74, 6) is 0. The van der Waals surface area contributed by atoms with Crippen LogP contribution in [0.5, 0.6) is 0 Å². The molecule has 23 heavy (non-hydrogen) atoms. The Labute approximate surface area is 134 Å². The molecule has 1 heterocycles. The lowest BCUT2D eigenvalue weighted by Gasteiger charge is -2.08. The van der Waals surface area contributed by atoms with Crippen LogP contribution in [0.15, 0.2) is 53.6 Å². The minimum absolute atomic E-state index is 0.411. The number of thiazole rings is 1. The number of hydrazone groups is 1. The quantitative estimate of drug-likeness (QED) is 0.531. The first kappa shape index (κ1) is 15.5. The highest BCUT2D eigenvalue weighted by molar-refractivity contribution is 7.22. The first-order valence-corrected chi connectivity index (χ1v) is 7.58. The summed E-state index contributed by atoms with van der Waals surface area (Å²) in [4.78, 5) is 4.36. The second kappa shape index (κ2) is 6.00. The van der Waals surface area contributed by atoms with E-state index in [0.717, 1.165) is 22.3 Å². The highest BCUT2D eigenvalue weighted by atomic mass is 32.1. The minimum Gasteiger partial charge on any atom is -0.252 e. The highest BCUT2D eigenvalue weighted by Gasteiger charge is 2.30. The molecule has 0 unspecified atom stereocenters. The zero-order valence-corrected chi connectivity index (χ0v) is 12.9. The van der Waals surface area contributed by atoms with Crippen molar-refractivity contribution in [2.24, 2.45) is 5.10 Å². The van der Waals surface area contributed by atoms with Crippen LogP contribution in [0.25, 0.3) is 10.2 Å². The van der Waals surface area contributed by atoms with Gasteiger partial charge < -0.3 is 0 Å². The number of hydrogen-bond acceptors (Lipinski definition) is 4. The van der Waals surface area contributed by atoms with Gasteiger partial charge in [0.1, 0.15) is 0 Å². The van der Waals surface area contributed by atoms with Crippen LogP contribution < -0.4 is 5.43 Å². The largest absolute Gasteiger partial charge is 0.416 e. The number of benzene rings is 2. The van der Waals surface area contributed by atoms with E-state index in [1.807, 2.05) is 24.3 Å². The number of anilines is 1. The number of hydrogen-bond donors (Lipinski definition) is 1. The zero-order valence-electron chi connectivity index (χ0n) is 12.1. The standard InChI is InChI=1S/C16H12F3N3S/c1-10(11-5-4-6-12(9-11)16(17,18)19)21-22-15-20-13-7-2-3-8-14(13)23-15/h2-9H,1H3,(H,20,22)/b21-10+. The van der Waals surface area contributed by atoms with Crippen LogP contribution in [0.4, 0.5) is 18.3 Å². The van der Waals surface area contributed by atoms with Gasteiger partial charge in [0.05, 0.1) is 21.5 Å². The van der Waals surface area contributed by atoms with Crippen LogP contribution in [0.1, 0.15) is 18.1 Å². The van der Waals surface area contributed by atoms with Gasteiger partial charge in [-0.25, -0.2) is 4.98 Å². The van der Waals surface area contributed by atoms with Crippen molar-refractivity contribution in [3.63, 3.8) is 0 Å². The molecule has 0 amide bonds. The first-order valence-electron chi connectivity index (χ1n) is 6.77. The SMILES string of the molecule is C/C(=N\Nc1nc2ccccc2s1)c1cccc(C(F)(F)F)c1. The van der Waals surface area contributed by atoms with Crippen LogP contribution in [0.3, 0.4) is 0 Å². The summed E-state index contributed by atoms with van der Waals surface area (Å²) >= 11 is 1.43. The van der Waals surface area contributed by atoms with Gasteiger partial charge in [-0.05, 0) is 36.8 Å². The molecule has 0 saturated heterocycles. The Morgan fingerprint density at radius 1 is 1.13 bits per heavy atom. The average molecular weight is 335 g/mol. The van der Waals surface area contributed by atoms with E-state index in [2.05, 4.69) is 15.5 Å². The summed E-state index contributed by atoms with van der Waals surface area (Å²) in [7, 11) is 0. The molecular formula is C16H12F3N3S. The number of rotatable bonds is 3. The van der Waals surface area contributed by atoms with Gasteiger partial charge in [-0.15, -0.1) is 0 Å². The summed E-state index contributed by atoms with van der Waals surface area (Å²) in [5, 5.41) is 4.73. The van der Waals surface area contributed by atoms with E-state index < -0.39 is 11.7 Å². The first-order chi connectivity index (χ1) is 10.9. The van der Waals surface area contributed by atoms with Crippen LogP contribution in [0.2, 0.25) is 0 Å². The van der Waals surface area contributed by atoms with Gasteiger partial charge in [0.15, 0.2) is 0 Å². The smallest absolute Gasteiger partial charge is 0.252 e. The molecule has 118 valence electrons. The Balaban J connectivity index is 1.82. The molecule has 0 radical (unpaired) electrons. The molecule has 1 aromatic heterocycles. The van der Waals surface area contributed by atoms with Gasteiger partial charge in [-0.3, -0.25) is 5.43 Å².